The number of carbonyl (C=O) groups is 3. The SMILES string of the molecule is Cc1cccc(=O)n1C(C)(C)C(=O)NC(CCC(N)=O)C(=O)O. The van der Waals surface area contributed by atoms with E-state index in [0.717, 1.165) is 0 Å². The van der Waals surface area contributed by atoms with E-state index in [4.69, 9.17) is 10.8 Å². The number of hydrogen-bond donors (Lipinski definition) is 3. The van der Waals surface area contributed by atoms with Crippen molar-refractivity contribution in [3.8, 4) is 0 Å². The van der Waals surface area contributed by atoms with Crippen molar-refractivity contribution < 1.29 is 19.5 Å². The van der Waals surface area contributed by atoms with Crippen LogP contribution in [0.25, 0.3) is 0 Å². The van der Waals surface area contributed by atoms with Crippen molar-refractivity contribution in [2.45, 2.75) is 45.2 Å². The number of nitrogens with zero attached hydrogens (tertiary/aromatic N) is 1. The van der Waals surface area contributed by atoms with Gasteiger partial charge in [-0.1, -0.05) is 6.07 Å². The molecule has 1 atom stereocenters. The van der Waals surface area contributed by atoms with Crippen molar-refractivity contribution >= 4 is 17.8 Å². The number of nitrogens with one attached hydrogen (secondary N) is 1. The summed E-state index contributed by atoms with van der Waals surface area (Å²) in [5.41, 5.74) is 3.91. The van der Waals surface area contributed by atoms with Crippen LogP contribution in [0.4, 0.5) is 0 Å². The lowest BCUT2D eigenvalue weighted by molar-refractivity contribution is -0.143. The largest absolute Gasteiger partial charge is 0.480 e. The highest BCUT2D eigenvalue weighted by Gasteiger charge is 2.34. The number of aryl methyl sites for hydroxylation is 1. The van der Waals surface area contributed by atoms with Gasteiger partial charge in [-0.05, 0) is 33.3 Å². The molecule has 8 heteroatoms. The van der Waals surface area contributed by atoms with Gasteiger partial charge >= 0.3 is 5.97 Å². The first-order chi connectivity index (χ1) is 10.6. The van der Waals surface area contributed by atoms with Gasteiger partial charge in [-0.15, -0.1) is 0 Å². The summed E-state index contributed by atoms with van der Waals surface area (Å²) >= 11 is 0. The average molecular weight is 323 g/mol. The lowest BCUT2D eigenvalue weighted by atomic mass is 10.0. The quantitative estimate of drug-likeness (QED) is 0.635. The lowest BCUT2D eigenvalue weighted by Gasteiger charge is -2.29. The van der Waals surface area contributed by atoms with Gasteiger partial charge in [0.2, 0.25) is 11.8 Å². The summed E-state index contributed by atoms with van der Waals surface area (Å²) in [6, 6.07) is 3.32. The Hall–Kier alpha value is -2.64. The first kappa shape index (κ1) is 18.4. The van der Waals surface area contributed by atoms with Crippen LogP contribution < -0.4 is 16.6 Å². The van der Waals surface area contributed by atoms with Gasteiger partial charge in [0.25, 0.3) is 5.56 Å². The van der Waals surface area contributed by atoms with E-state index in [2.05, 4.69) is 5.32 Å². The number of aromatic nitrogens is 1. The summed E-state index contributed by atoms with van der Waals surface area (Å²) in [4.78, 5) is 46.5. The van der Waals surface area contributed by atoms with Crippen LogP contribution in [0.3, 0.4) is 0 Å². The van der Waals surface area contributed by atoms with Crippen LogP contribution in [0, 0.1) is 6.92 Å². The van der Waals surface area contributed by atoms with E-state index in [-0.39, 0.29) is 18.4 Å². The first-order valence-corrected chi connectivity index (χ1v) is 7.08. The van der Waals surface area contributed by atoms with E-state index < -0.39 is 29.4 Å². The molecule has 0 fully saturated rings. The molecule has 0 aliphatic heterocycles. The molecule has 0 saturated carbocycles. The number of aliphatic carboxylic acids is 1. The number of carboxylic acids is 1. The predicted molar refractivity (Wildman–Crippen MR) is 82.8 cm³/mol. The molecule has 126 valence electrons. The molecule has 0 saturated heterocycles. The molecule has 1 aromatic rings. The molecule has 0 bridgehead atoms. The topological polar surface area (TPSA) is 131 Å². The van der Waals surface area contributed by atoms with Crippen LogP contribution in [0.1, 0.15) is 32.4 Å². The number of hydrogen-bond acceptors (Lipinski definition) is 4. The summed E-state index contributed by atoms with van der Waals surface area (Å²) < 4.78 is 1.29. The van der Waals surface area contributed by atoms with Gasteiger partial charge in [-0.25, -0.2) is 4.79 Å². The highest BCUT2D eigenvalue weighted by molar-refractivity contribution is 5.88. The van der Waals surface area contributed by atoms with Gasteiger partial charge < -0.3 is 16.2 Å². The van der Waals surface area contributed by atoms with Crippen LogP contribution in [0.15, 0.2) is 23.0 Å². The number of carboxylic acid groups (broad SMARTS) is 1. The number of carbonyl (C=O) groups excluding carboxylic acids is 2. The molecule has 1 heterocycles. The fourth-order valence-electron chi connectivity index (χ4n) is 2.29. The maximum Gasteiger partial charge on any atom is 0.326 e. The fraction of sp³-hybridized carbons (Fsp3) is 0.467. The van der Waals surface area contributed by atoms with E-state index >= 15 is 0 Å². The van der Waals surface area contributed by atoms with Crippen LogP contribution in [0.2, 0.25) is 0 Å². The zero-order valence-electron chi connectivity index (χ0n) is 13.3. The zero-order chi connectivity index (χ0) is 17.8. The maximum atomic E-state index is 12.5. The fourth-order valence-corrected chi connectivity index (χ4v) is 2.29. The Bertz CT molecular complexity index is 678. The van der Waals surface area contributed by atoms with Gasteiger partial charge in [0.05, 0.1) is 0 Å². The zero-order valence-corrected chi connectivity index (χ0v) is 13.3. The Labute approximate surface area is 133 Å². The minimum absolute atomic E-state index is 0.116. The monoisotopic (exact) mass is 323 g/mol. The van der Waals surface area contributed by atoms with Crippen molar-refractivity contribution in [2.24, 2.45) is 5.73 Å². The molecule has 8 nitrogen and oxygen atoms in total. The first-order valence-electron chi connectivity index (χ1n) is 7.08. The molecule has 23 heavy (non-hydrogen) atoms. The Kier molecular flexibility index (Phi) is 5.67. The molecule has 0 spiro atoms. The lowest BCUT2D eigenvalue weighted by Crippen LogP contribution is -2.53. The van der Waals surface area contributed by atoms with Crippen molar-refractivity contribution in [1.29, 1.82) is 0 Å². The molecular weight excluding hydrogens is 302 g/mol. The minimum Gasteiger partial charge on any atom is -0.480 e. The van der Waals surface area contributed by atoms with Gasteiger partial charge in [0, 0.05) is 18.2 Å². The Morgan fingerprint density at radius 2 is 1.96 bits per heavy atom. The van der Waals surface area contributed by atoms with E-state index in [9.17, 15) is 19.2 Å². The van der Waals surface area contributed by atoms with Crippen molar-refractivity contribution in [3.63, 3.8) is 0 Å². The van der Waals surface area contributed by atoms with E-state index in [0.29, 0.717) is 5.69 Å². The van der Waals surface area contributed by atoms with Gasteiger partial charge in [0.1, 0.15) is 11.6 Å². The van der Waals surface area contributed by atoms with Crippen LogP contribution in [-0.4, -0.2) is 33.5 Å². The summed E-state index contributed by atoms with van der Waals surface area (Å²) in [6.07, 6.45) is -0.281. The van der Waals surface area contributed by atoms with Crippen LogP contribution >= 0.6 is 0 Å². The molecule has 1 aromatic heterocycles. The third kappa shape index (κ3) is 4.41. The number of nitrogens with two attached hydrogens (primary N) is 1. The molecule has 1 rings (SSSR count). The Morgan fingerprint density at radius 3 is 2.43 bits per heavy atom. The Morgan fingerprint density at radius 1 is 1.35 bits per heavy atom. The third-order valence-corrected chi connectivity index (χ3v) is 3.55. The molecular formula is C15H21N3O5. The summed E-state index contributed by atoms with van der Waals surface area (Å²) in [5, 5.41) is 11.5. The van der Waals surface area contributed by atoms with E-state index in [1.807, 2.05) is 0 Å². The molecule has 4 N–H and O–H groups in total. The summed E-state index contributed by atoms with van der Waals surface area (Å²) in [5.74, 6) is -2.56. The minimum atomic E-state index is -1.29. The number of rotatable bonds is 7. The predicted octanol–water partition coefficient (Wildman–Crippen LogP) is -0.273. The second kappa shape index (κ2) is 7.08. The molecule has 2 amide bonds. The number of pyridine rings is 1. The maximum absolute atomic E-state index is 12.5. The second-order valence-corrected chi connectivity index (χ2v) is 5.77. The molecule has 0 aromatic carbocycles. The molecule has 0 aliphatic rings. The highest BCUT2D eigenvalue weighted by atomic mass is 16.4. The summed E-state index contributed by atoms with van der Waals surface area (Å²) in [6.45, 7) is 4.71. The van der Waals surface area contributed by atoms with Crippen LogP contribution in [0.5, 0.6) is 0 Å². The molecule has 0 aliphatic carbocycles. The smallest absolute Gasteiger partial charge is 0.326 e. The van der Waals surface area contributed by atoms with Gasteiger partial charge in [-0.3, -0.25) is 19.0 Å². The average Bonchev–Trinajstić information content (AvgIpc) is 2.41. The standard InChI is InChI=1S/C15H21N3O5/c1-9-5-4-6-12(20)18(9)15(2,3)14(23)17-10(13(21)22)7-8-11(16)19/h4-6,10H,7-8H2,1-3H3,(H2,16,19)(H,17,23)(H,21,22). The van der Waals surface area contributed by atoms with E-state index in [1.54, 1.807) is 19.1 Å². The number of primary amides is 1. The van der Waals surface area contributed by atoms with Crippen LogP contribution in [-0.2, 0) is 19.9 Å². The second-order valence-electron chi connectivity index (χ2n) is 5.77. The van der Waals surface area contributed by atoms with Crippen molar-refractivity contribution in [1.82, 2.24) is 9.88 Å². The molecule has 1 unspecified atom stereocenters. The number of amides is 2. The normalized spacial score (nSPS) is 12.5. The molecule has 0 radical (unpaired) electrons. The van der Waals surface area contributed by atoms with Crippen molar-refractivity contribution in [2.75, 3.05) is 0 Å². The third-order valence-electron chi connectivity index (χ3n) is 3.55. The van der Waals surface area contributed by atoms with Gasteiger partial charge in [0.15, 0.2) is 0 Å². The van der Waals surface area contributed by atoms with Gasteiger partial charge in [-0.2, -0.15) is 0 Å². The highest BCUT2D eigenvalue weighted by Crippen LogP contribution is 2.16. The summed E-state index contributed by atoms with van der Waals surface area (Å²) in [7, 11) is 0. The Balaban J connectivity index is 3.04. The van der Waals surface area contributed by atoms with Crippen molar-refractivity contribution in [3.05, 3.63) is 34.2 Å². The van der Waals surface area contributed by atoms with E-state index in [1.165, 1.54) is 24.5 Å².